The predicted octanol–water partition coefficient (Wildman–Crippen LogP) is 1.25. The zero-order chi connectivity index (χ0) is 14.4. The van der Waals surface area contributed by atoms with Gasteiger partial charge in [-0.25, -0.2) is 0 Å². The maximum atomic E-state index is 9.03. The number of anilines is 1. The van der Waals surface area contributed by atoms with Gasteiger partial charge in [0.15, 0.2) is 0 Å². The highest BCUT2D eigenvalue weighted by Crippen LogP contribution is 2.22. The van der Waals surface area contributed by atoms with Gasteiger partial charge in [-0.3, -0.25) is 4.90 Å². The second-order valence-electron chi connectivity index (χ2n) is 5.51. The van der Waals surface area contributed by atoms with Crippen LogP contribution in [0.1, 0.15) is 12.5 Å². The molecule has 1 aliphatic rings. The van der Waals surface area contributed by atoms with E-state index in [9.17, 15) is 0 Å². The van der Waals surface area contributed by atoms with E-state index in [0.29, 0.717) is 0 Å². The van der Waals surface area contributed by atoms with E-state index in [4.69, 9.17) is 5.11 Å². The van der Waals surface area contributed by atoms with Crippen molar-refractivity contribution in [1.29, 1.82) is 0 Å². The molecular formula is C16H27N3O. The molecule has 0 amide bonds. The minimum absolute atomic E-state index is 0.216. The smallest absolute Gasteiger partial charge is 0.0558 e. The number of nitrogens with zero attached hydrogens (tertiary/aromatic N) is 3. The molecule has 0 unspecified atom stereocenters. The summed E-state index contributed by atoms with van der Waals surface area (Å²) in [6.45, 7) is 9.72. The van der Waals surface area contributed by atoms with Crippen molar-refractivity contribution >= 4 is 5.69 Å². The lowest BCUT2D eigenvalue weighted by Gasteiger charge is -2.36. The second kappa shape index (κ2) is 7.62. The first-order chi connectivity index (χ1) is 9.74. The van der Waals surface area contributed by atoms with Gasteiger partial charge in [0.2, 0.25) is 0 Å². The predicted molar refractivity (Wildman–Crippen MR) is 84.2 cm³/mol. The van der Waals surface area contributed by atoms with E-state index in [0.717, 1.165) is 45.8 Å². The molecule has 0 aromatic heterocycles. The van der Waals surface area contributed by atoms with Gasteiger partial charge < -0.3 is 14.9 Å². The molecule has 1 N–H and O–H groups in total. The van der Waals surface area contributed by atoms with Crippen LogP contribution in [-0.2, 0) is 6.54 Å². The van der Waals surface area contributed by atoms with E-state index in [1.54, 1.807) is 0 Å². The molecule has 1 aromatic rings. The van der Waals surface area contributed by atoms with Gasteiger partial charge in [-0.2, -0.15) is 0 Å². The summed E-state index contributed by atoms with van der Waals surface area (Å²) in [7, 11) is 2.06. The van der Waals surface area contributed by atoms with Crippen molar-refractivity contribution in [2.75, 3.05) is 57.8 Å². The zero-order valence-corrected chi connectivity index (χ0v) is 12.8. The Labute approximate surface area is 122 Å². The minimum atomic E-state index is 0.216. The van der Waals surface area contributed by atoms with Crippen molar-refractivity contribution in [3.63, 3.8) is 0 Å². The third-order valence-electron chi connectivity index (χ3n) is 4.07. The maximum Gasteiger partial charge on any atom is 0.0558 e. The average Bonchev–Trinajstić information content (AvgIpc) is 2.48. The van der Waals surface area contributed by atoms with Crippen molar-refractivity contribution in [2.24, 2.45) is 0 Å². The van der Waals surface area contributed by atoms with Crippen molar-refractivity contribution in [3.05, 3.63) is 29.8 Å². The number of piperazine rings is 1. The Hall–Kier alpha value is -1.10. The number of benzene rings is 1. The molecule has 0 radical (unpaired) electrons. The van der Waals surface area contributed by atoms with Gasteiger partial charge in [0, 0.05) is 45.0 Å². The van der Waals surface area contributed by atoms with Crippen LogP contribution >= 0.6 is 0 Å². The molecule has 0 aliphatic carbocycles. The topological polar surface area (TPSA) is 30.0 Å². The summed E-state index contributed by atoms with van der Waals surface area (Å²) in [4.78, 5) is 7.16. The van der Waals surface area contributed by atoms with E-state index in [1.807, 2.05) is 0 Å². The zero-order valence-electron chi connectivity index (χ0n) is 12.8. The molecule has 1 heterocycles. The monoisotopic (exact) mass is 277 g/mol. The maximum absolute atomic E-state index is 9.03. The molecule has 1 aromatic carbocycles. The molecule has 4 nitrogen and oxygen atoms in total. The van der Waals surface area contributed by atoms with E-state index in [1.165, 1.54) is 11.3 Å². The number of aliphatic hydroxyl groups excluding tert-OH is 1. The number of hydrogen-bond acceptors (Lipinski definition) is 4. The SMILES string of the molecule is CCN1CCN(c2ccccc2CN(C)CCO)CC1. The van der Waals surface area contributed by atoms with Crippen LogP contribution in [0.3, 0.4) is 0 Å². The first kappa shape index (κ1) is 15.3. The van der Waals surface area contributed by atoms with Crippen LogP contribution in [0.4, 0.5) is 5.69 Å². The first-order valence-corrected chi connectivity index (χ1v) is 7.59. The van der Waals surface area contributed by atoms with Crippen LogP contribution in [0.5, 0.6) is 0 Å². The van der Waals surface area contributed by atoms with Crippen LogP contribution in [0.15, 0.2) is 24.3 Å². The number of aliphatic hydroxyl groups is 1. The molecular weight excluding hydrogens is 250 g/mol. The standard InChI is InChI=1S/C16H27N3O/c1-3-18-8-10-19(11-9-18)16-7-5-4-6-15(16)14-17(2)12-13-20/h4-7,20H,3,8-14H2,1-2H3. The summed E-state index contributed by atoms with van der Waals surface area (Å²) in [5.74, 6) is 0. The van der Waals surface area contributed by atoms with Crippen LogP contribution in [-0.4, -0.2) is 67.8 Å². The van der Waals surface area contributed by atoms with Crippen LogP contribution in [0.2, 0.25) is 0 Å². The molecule has 1 fully saturated rings. The average molecular weight is 277 g/mol. The third-order valence-corrected chi connectivity index (χ3v) is 4.07. The largest absolute Gasteiger partial charge is 0.395 e. The molecule has 0 bridgehead atoms. The number of likely N-dealkylation sites (N-methyl/N-ethyl adjacent to an activating group) is 2. The third kappa shape index (κ3) is 3.95. The number of para-hydroxylation sites is 1. The van der Waals surface area contributed by atoms with Crippen molar-refractivity contribution < 1.29 is 5.11 Å². The van der Waals surface area contributed by atoms with E-state index < -0.39 is 0 Å². The lowest BCUT2D eigenvalue weighted by Crippen LogP contribution is -2.46. The first-order valence-electron chi connectivity index (χ1n) is 7.59. The van der Waals surface area contributed by atoms with Gasteiger partial charge >= 0.3 is 0 Å². The fraction of sp³-hybridized carbons (Fsp3) is 0.625. The lowest BCUT2D eigenvalue weighted by atomic mass is 10.1. The molecule has 1 saturated heterocycles. The van der Waals surface area contributed by atoms with E-state index in [2.05, 4.69) is 52.9 Å². The normalized spacial score (nSPS) is 16.9. The van der Waals surface area contributed by atoms with Gasteiger partial charge in [0.25, 0.3) is 0 Å². The summed E-state index contributed by atoms with van der Waals surface area (Å²) < 4.78 is 0. The molecule has 20 heavy (non-hydrogen) atoms. The van der Waals surface area contributed by atoms with Gasteiger partial charge in [0.1, 0.15) is 0 Å². The Morgan fingerprint density at radius 2 is 1.85 bits per heavy atom. The summed E-state index contributed by atoms with van der Waals surface area (Å²) in [5.41, 5.74) is 2.71. The van der Waals surface area contributed by atoms with Gasteiger partial charge in [-0.15, -0.1) is 0 Å². The highest BCUT2D eigenvalue weighted by Gasteiger charge is 2.18. The molecule has 0 saturated carbocycles. The Morgan fingerprint density at radius 1 is 1.15 bits per heavy atom. The summed E-state index contributed by atoms with van der Waals surface area (Å²) in [6.07, 6.45) is 0. The van der Waals surface area contributed by atoms with Crippen LogP contribution in [0.25, 0.3) is 0 Å². The summed E-state index contributed by atoms with van der Waals surface area (Å²) in [6, 6.07) is 8.66. The summed E-state index contributed by atoms with van der Waals surface area (Å²) >= 11 is 0. The van der Waals surface area contributed by atoms with Crippen LogP contribution < -0.4 is 4.90 Å². The minimum Gasteiger partial charge on any atom is -0.395 e. The second-order valence-corrected chi connectivity index (χ2v) is 5.51. The highest BCUT2D eigenvalue weighted by molar-refractivity contribution is 5.54. The Kier molecular flexibility index (Phi) is 5.83. The number of hydrogen-bond donors (Lipinski definition) is 1. The molecule has 2 rings (SSSR count). The Bertz CT molecular complexity index is 402. The van der Waals surface area contributed by atoms with Gasteiger partial charge in [0.05, 0.1) is 6.61 Å². The fourth-order valence-corrected chi connectivity index (χ4v) is 2.80. The summed E-state index contributed by atoms with van der Waals surface area (Å²) in [5, 5.41) is 9.03. The molecule has 1 aliphatic heterocycles. The molecule has 4 heteroatoms. The molecule has 112 valence electrons. The highest BCUT2D eigenvalue weighted by atomic mass is 16.3. The van der Waals surface area contributed by atoms with Crippen molar-refractivity contribution in [3.8, 4) is 0 Å². The number of rotatable bonds is 6. The van der Waals surface area contributed by atoms with E-state index >= 15 is 0 Å². The van der Waals surface area contributed by atoms with Crippen molar-refractivity contribution in [1.82, 2.24) is 9.80 Å². The Balaban J connectivity index is 2.04. The molecule has 0 atom stereocenters. The fourth-order valence-electron chi connectivity index (χ4n) is 2.80. The van der Waals surface area contributed by atoms with Gasteiger partial charge in [-0.05, 0) is 25.2 Å². The lowest BCUT2D eigenvalue weighted by molar-refractivity contribution is 0.217. The quantitative estimate of drug-likeness (QED) is 0.848. The van der Waals surface area contributed by atoms with Crippen LogP contribution in [0, 0.1) is 0 Å². The van der Waals surface area contributed by atoms with E-state index in [-0.39, 0.29) is 6.61 Å². The molecule has 0 spiro atoms. The Morgan fingerprint density at radius 3 is 2.50 bits per heavy atom. The van der Waals surface area contributed by atoms with Crippen molar-refractivity contribution in [2.45, 2.75) is 13.5 Å². The van der Waals surface area contributed by atoms with Gasteiger partial charge in [-0.1, -0.05) is 25.1 Å².